The van der Waals surface area contributed by atoms with Crippen LogP contribution >= 0.6 is 11.8 Å². The first-order valence-corrected chi connectivity index (χ1v) is 12.4. The minimum Gasteiger partial charge on any atom is -0.324 e. The van der Waals surface area contributed by atoms with Crippen molar-refractivity contribution in [3.05, 3.63) is 28.8 Å². The number of hydrogen-bond acceptors (Lipinski definition) is 5. The quantitative estimate of drug-likeness (QED) is 0.723. The Morgan fingerprint density at radius 3 is 2.57 bits per heavy atom. The molecule has 2 saturated heterocycles. The Morgan fingerprint density at radius 2 is 1.87 bits per heavy atom. The van der Waals surface area contributed by atoms with Gasteiger partial charge in [-0.3, -0.25) is 24.6 Å². The van der Waals surface area contributed by atoms with E-state index in [9.17, 15) is 14.4 Å². The van der Waals surface area contributed by atoms with Crippen molar-refractivity contribution in [2.24, 2.45) is 11.8 Å². The van der Waals surface area contributed by atoms with Gasteiger partial charge in [0, 0.05) is 23.3 Å². The number of fused-ring (bicyclic) bond motifs is 4. The van der Waals surface area contributed by atoms with Crippen molar-refractivity contribution < 1.29 is 14.4 Å². The molecule has 1 spiro atoms. The smallest absolute Gasteiger partial charge is 0.250 e. The van der Waals surface area contributed by atoms with E-state index in [0.717, 1.165) is 60.2 Å². The summed E-state index contributed by atoms with van der Waals surface area (Å²) in [6, 6.07) is 3.80. The lowest BCUT2D eigenvalue weighted by atomic mass is 9.76. The number of hydrogen-bond donors (Lipinski definition) is 2. The number of benzene rings is 1. The highest BCUT2D eigenvalue weighted by Gasteiger charge is 2.70. The molecule has 4 atom stereocenters. The molecule has 1 aromatic carbocycles. The van der Waals surface area contributed by atoms with Crippen LogP contribution in [0.15, 0.2) is 12.1 Å². The van der Waals surface area contributed by atoms with Crippen molar-refractivity contribution in [3.63, 3.8) is 0 Å². The van der Waals surface area contributed by atoms with Gasteiger partial charge in [-0.1, -0.05) is 25.0 Å². The van der Waals surface area contributed by atoms with Gasteiger partial charge in [0.15, 0.2) is 0 Å². The van der Waals surface area contributed by atoms with E-state index in [-0.39, 0.29) is 29.8 Å². The normalized spacial score (nSPS) is 33.0. The lowest BCUT2D eigenvalue weighted by molar-refractivity contribution is -0.145. The minimum absolute atomic E-state index is 0.00228. The number of likely N-dealkylation sites (tertiary alicyclic amines) is 1. The Kier molecular flexibility index (Phi) is 4.74. The number of thioether (sulfide) groups is 1. The van der Waals surface area contributed by atoms with Crippen LogP contribution in [-0.4, -0.2) is 46.7 Å². The van der Waals surface area contributed by atoms with Gasteiger partial charge in [-0.15, -0.1) is 0 Å². The van der Waals surface area contributed by atoms with Crippen molar-refractivity contribution in [1.29, 1.82) is 0 Å². The van der Waals surface area contributed by atoms with Gasteiger partial charge in [0.1, 0.15) is 5.54 Å². The van der Waals surface area contributed by atoms with E-state index in [2.05, 4.69) is 10.6 Å². The van der Waals surface area contributed by atoms with Gasteiger partial charge in [-0.25, -0.2) is 0 Å². The van der Waals surface area contributed by atoms with E-state index in [0.29, 0.717) is 0 Å². The molecule has 7 heteroatoms. The fourth-order valence-corrected chi connectivity index (χ4v) is 6.65. The van der Waals surface area contributed by atoms with Crippen molar-refractivity contribution in [3.8, 4) is 0 Å². The van der Waals surface area contributed by atoms with E-state index >= 15 is 0 Å². The predicted octanol–water partition coefficient (Wildman–Crippen LogP) is 2.72. The molecule has 3 heterocycles. The molecule has 3 fully saturated rings. The van der Waals surface area contributed by atoms with Gasteiger partial charge in [0.2, 0.25) is 17.7 Å². The number of carbonyl (C=O) groups is 3. The van der Waals surface area contributed by atoms with Crippen molar-refractivity contribution >= 4 is 35.2 Å². The zero-order valence-electron chi connectivity index (χ0n) is 17.8. The lowest BCUT2D eigenvalue weighted by Crippen LogP contribution is -2.54. The molecule has 0 bridgehead atoms. The van der Waals surface area contributed by atoms with Crippen molar-refractivity contribution in [2.75, 3.05) is 17.3 Å². The van der Waals surface area contributed by atoms with E-state index in [1.807, 2.05) is 32.2 Å². The highest BCUT2D eigenvalue weighted by molar-refractivity contribution is 7.98. The van der Waals surface area contributed by atoms with Crippen LogP contribution in [0.25, 0.3) is 0 Å². The first-order chi connectivity index (χ1) is 14.4. The van der Waals surface area contributed by atoms with Gasteiger partial charge in [0.25, 0.3) is 0 Å². The number of aryl methyl sites for hydroxylation is 1. The molecule has 0 unspecified atom stereocenters. The summed E-state index contributed by atoms with van der Waals surface area (Å²) in [5, 5.41) is 6.59. The predicted molar refractivity (Wildman–Crippen MR) is 117 cm³/mol. The lowest BCUT2D eigenvalue weighted by Gasteiger charge is -2.31. The first-order valence-electron chi connectivity index (χ1n) is 11.0. The number of carbonyl (C=O) groups excluding carboxylic acids is 3. The molecule has 3 aliphatic heterocycles. The van der Waals surface area contributed by atoms with E-state index in [1.165, 1.54) is 0 Å². The summed E-state index contributed by atoms with van der Waals surface area (Å²) in [6.45, 7) is 4.02. The van der Waals surface area contributed by atoms with Crippen LogP contribution in [0.1, 0.15) is 48.8 Å². The number of anilines is 1. The third-order valence-electron chi connectivity index (χ3n) is 7.78. The van der Waals surface area contributed by atoms with Crippen LogP contribution in [0.4, 0.5) is 5.69 Å². The van der Waals surface area contributed by atoms with Gasteiger partial charge in [-0.2, -0.15) is 11.8 Å². The fourth-order valence-electron chi connectivity index (χ4n) is 6.16. The van der Waals surface area contributed by atoms with Crippen molar-refractivity contribution in [2.45, 2.75) is 63.6 Å². The van der Waals surface area contributed by atoms with Crippen LogP contribution in [0.2, 0.25) is 0 Å². The summed E-state index contributed by atoms with van der Waals surface area (Å²) in [4.78, 5) is 42.4. The molecule has 0 radical (unpaired) electrons. The maximum absolute atomic E-state index is 13.8. The molecule has 4 aliphatic rings. The summed E-state index contributed by atoms with van der Waals surface area (Å²) in [7, 11) is 0. The number of imide groups is 1. The van der Waals surface area contributed by atoms with E-state index < -0.39 is 17.4 Å². The molecule has 160 valence electrons. The number of nitrogens with zero attached hydrogens (tertiary/aromatic N) is 1. The SMILES string of the molecule is CSCC[C@H]1N[C@@]2(C(=O)Nc3c2ccc(C)c3C)[C@@H]2C(=O)N(C3CCCC3)C(=O)[C@@H]21. The van der Waals surface area contributed by atoms with E-state index in [1.54, 1.807) is 16.7 Å². The maximum atomic E-state index is 13.8. The molecule has 6 nitrogen and oxygen atoms in total. The summed E-state index contributed by atoms with van der Waals surface area (Å²) < 4.78 is 0. The van der Waals surface area contributed by atoms with Crippen LogP contribution in [0.5, 0.6) is 0 Å². The van der Waals surface area contributed by atoms with Crippen molar-refractivity contribution in [1.82, 2.24) is 10.2 Å². The second-order valence-corrected chi connectivity index (χ2v) is 10.2. The molecule has 2 N–H and O–H groups in total. The molecule has 1 aromatic rings. The van der Waals surface area contributed by atoms with Crippen LogP contribution < -0.4 is 10.6 Å². The molecule has 30 heavy (non-hydrogen) atoms. The largest absolute Gasteiger partial charge is 0.324 e. The molecule has 5 rings (SSSR count). The molecular weight excluding hydrogens is 398 g/mol. The zero-order chi connectivity index (χ0) is 21.2. The van der Waals surface area contributed by atoms with Gasteiger partial charge >= 0.3 is 0 Å². The number of nitrogens with one attached hydrogen (secondary N) is 2. The average Bonchev–Trinajstić information content (AvgIpc) is 3.46. The minimum atomic E-state index is -1.15. The first kappa shape index (κ1) is 20.1. The Morgan fingerprint density at radius 1 is 1.13 bits per heavy atom. The van der Waals surface area contributed by atoms with Crippen LogP contribution in [0, 0.1) is 25.7 Å². The third-order valence-corrected chi connectivity index (χ3v) is 8.42. The Labute approximate surface area is 181 Å². The maximum Gasteiger partial charge on any atom is 0.250 e. The molecular formula is C23H29N3O3S. The zero-order valence-corrected chi connectivity index (χ0v) is 18.6. The second-order valence-electron chi connectivity index (χ2n) is 9.21. The molecule has 3 amide bonds. The Hall–Kier alpha value is -1.86. The summed E-state index contributed by atoms with van der Waals surface area (Å²) in [5.74, 6) is -0.676. The van der Waals surface area contributed by atoms with Gasteiger partial charge in [-0.05, 0) is 56.2 Å². The topological polar surface area (TPSA) is 78.5 Å². The van der Waals surface area contributed by atoms with E-state index in [4.69, 9.17) is 0 Å². The standard InChI is InChI=1S/C23H29N3O3S/c1-12-8-9-15-19(13(12)2)24-22(29)23(15)18-17(16(25-23)10-11-30-3)20(27)26(21(18)28)14-6-4-5-7-14/h8-9,14,16-18,25H,4-7,10-11H2,1-3H3,(H,24,29)/t16-,17-,18+,23-/m1/s1. The Balaban J connectivity index is 1.64. The second kappa shape index (κ2) is 7.09. The average molecular weight is 428 g/mol. The summed E-state index contributed by atoms with van der Waals surface area (Å²) >= 11 is 1.72. The Bertz CT molecular complexity index is 942. The summed E-state index contributed by atoms with van der Waals surface area (Å²) in [5.41, 5.74) is 2.60. The van der Waals surface area contributed by atoms with Crippen LogP contribution in [-0.2, 0) is 19.9 Å². The summed E-state index contributed by atoms with van der Waals surface area (Å²) in [6.07, 6.45) is 6.67. The molecule has 0 aromatic heterocycles. The number of rotatable bonds is 4. The highest BCUT2D eigenvalue weighted by Crippen LogP contribution is 2.55. The molecule has 1 aliphatic carbocycles. The highest BCUT2D eigenvalue weighted by atomic mass is 32.2. The monoisotopic (exact) mass is 427 g/mol. The third kappa shape index (κ3) is 2.51. The van der Waals surface area contributed by atoms with Crippen LogP contribution in [0.3, 0.4) is 0 Å². The van der Waals surface area contributed by atoms with Gasteiger partial charge in [0.05, 0.1) is 11.8 Å². The number of amides is 3. The van der Waals surface area contributed by atoms with Gasteiger partial charge < -0.3 is 5.32 Å². The fraction of sp³-hybridized carbons (Fsp3) is 0.609. The molecule has 1 saturated carbocycles.